The minimum absolute atomic E-state index is 0.446. The van der Waals surface area contributed by atoms with Gasteiger partial charge in [0.1, 0.15) is 12.0 Å². The van der Waals surface area contributed by atoms with Crippen LogP contribution in [0, 0.1) is 0 Å². The van der Waals surface area contributed by atoms with Crippen LogP contribution < -0.4 is 0 Å². The Labute approximate surface area is 87.9 Å². The Balaban J connectivity index is 2.59. The molecule has 0 unspecified atom stereocenters. The van der Waals surface area contributed by atoms with Gasteiger partial charge in [0.2, 0.25) is 6.29 Å². The maximum atomic E-state index is 5.18. The fourth-order valence-corrected chi connectivity index (χ4v) is 1.53. The summed E-state index contributed by atoms with van der Waals surface area (Å²) in [6.45, 7) is 0. The average molecular weight is 204 g/mol. The highest BCUT2D eigenvalue weighted by Gasteiger charge is 2.14. The molecule has 0 saturated carbocycles. The first-order chi connectivity index (χ1) is 7.36. The molecule has 0 spiro atoms. The molecule has 0 aliphatic rings. The Morgan fingerprint density at radius 3 is 2.53 bits per heavy atom. The van der Waals surface area contributed by atoms with Crippen molar-refractivity contribution in [2.24, 2.45) is 0 Å². The third-order valence-electron chi connectivity index (χ3n) is 2.23. The Kier molecular flexibility index (Phi) is 2.89. The summed E-state index contributed by atoms with van der Waals surface area (Å²) in [6.07, 6.45) is 1.07. The van der Waals surface area contributed by atoms with E-state index in [-0.39, 0.29) is 0 Å². The van der Waals surface area contributed by atoms with Crippen LogP contribution in [0.25, 0.3) is 10.9 Å². The van der Waals surface area contributed by atoms with Crippen LogP contribution in [0.15, 0.2) is 30.6 Å². The SMILES string of the molecule is COC(OC)c1ncnc2ccccc12. The minimum atomic E-state index is -0.446. The summed E-state index contributed by atoms with van der Waals surface area (Å²) in [7, 11) is 3.18. The molecular weight excluding hydrogens is 192 g/mol. The number of methoxy groups -OCH3 is 2. The van der Waals surface area contributed by atoms with Crippen molar-refractivity contribution in [3.63, 3.8) is 0 Å². The Hall–Kier alpha value is -1.52. The number of hydrogen-bond acceptors (Lipinski definition) is 4. The largest absolute Gasteiger partial charge is 0.350 e. The molecule has 0 atom stereocenters. The number of para-hydroxylation sites is 1. The van der Waals surface area contributed by atoms with Crippen LogP contribution in [0.1, 0.15) is 12.0 Å². The van der Waals surface area contributed by atoms with Gasteiger partial charge in [0, 0.05) is 19.6 Å². The van der Waals surface area contributed by atoms with Crippen molar-refractivity contribution in [3.05, 3.63) is 36.3 Å². The predicted molar refractivity (Wildman–Crippen MR) is 56.3 cm³/mol. The van der Waals surface area contributed by atoms with Gasteiger partial charge in [-0.1, -0.05) is 18.2 Å². The van der Waals surface area contributed by atoms with E-state index < -0.39 is 6.29 Å². The molecule has 0 radical (unpaired) electrons. The highest BCUT2D eigenvalue weighted by Crippen LogP contribution is 2.22. The van der Waals surface area contributed by atoms with E-state index in [2.05, 4.69) is 9.97 Å². The molecule has 78 valence electrons. The second kappa shape index (κ2) is 4.33. The third kappa shape index (κ3) is 1.82. The standard InChI is InChI=1S/C11H12N2O2/c1-14-11(15-2)10-8-5-3-4-6-9(8)12-7-13-10/h3-7,11H,1-2H3. The summed E-state index contributed by atoms with van der Waals surface area (Å²) < 4.78 is 10.4. The molecule has 0 amide bonds. The van der Waals surface area contributed by atoms with E-state index in [1.165, 1.54) is 6.33 Å². The summed E-state index contributed by atoms with van der Waals surface area (Å²) in [5, 5.41) is 0.953. The second-order valence-electron chi connectivity index (χ2n) is 3.08. The van der Waals surface area contributed by atoms with Crippen molar-refractivity contribution in [3.8, 4) is 0 Å². The molecule has 1 aromatic heterocycles. The number of rotatable bonds is 3. The van der Waals surface area contributed by atoms with Gasteiger partial charge in [-0.3, -0.25) is 0 Å². The summed E-state index contributed by atoms with van der Waals surface area (Å²) in [6, 6.07) is 7.77. The van der Waals surface area contributed by atoms with Crippen LogP contribution in [0.5, 0.6) is 0 Å². The number of ether oxygens (including phenoxy) is 2. The average Bonchev–Trinajstić information content (AvgIpc) is 2.31. The van der Waals surface area contributed by atoms with Gasteiger partial charge in [0.05, 0.1) is 5.52 Å². The van der Waals surface area contributed by atoms with Crippen LogP contribution >= 0.6 is 0 Å². The molecule has 0 fully saturated rings. The van der Waals surface area contributed by atoms with Crippen LogP contribution in [-0.2, 0) is 9.47 Å². The third-order valence-corrected chi connectivity index (χ3v) is 2.23. The van der Waals surface area contributed by atoms with Gasteiger partial charge in [0.15, 0.2) is 0 Å². The van der Waals surface area contributed by atoms with E-state index in [4.69, 9.17) is 9.47 Å². The van der Waals surface area contributed by atoms with Gasteiger partial charge in [-0.2, -0.15) is 0 Å². The monoisotopic (exact) mass is 204 g/mol. The lowest BCUT2D eigenvalue weighted by molar-refractivity contribution is -0.107. The summed E-state index contributed by atoms with van der Waals surface area (Å²) in [5.41, 5.74) is 1.65. The van der Waals surface area contributed by atoms with Gasteiger partial charge < -0.3 is 9.47 Å². The minimum Gasteiger partial charge on any atom is -0.350 e. The van der Waals surface area contributed by atoms with Crippen LogP contribution in [0.3, 0.4) is 0 Å². The van der Waals surface area contributed by atoms with Gasteiger partial charge >= 0.3 is 0 Å². The summed E-state index contributed by atoms with van der Waals surface area (Å²) in [4.78, 5) is 8.36. The van der Waals surface area contributed by atoms with Crippen molar-refractivity contribution in [2.45, 2.75) is 6.29 Å². The molecule has 4 heteroatoms. The quantitative estimate of drug-likeness (QED) is 0.716. The first-order valence-corrected chi connectivity index (χ1v) is 4.62. The lowest BCUT2D eigenvalue weighted by Crippen LogP contribution is -2.07. The molecule has 2 aromatic rings. The zero-order valence-corrected chi connectivity index (χ0v) is 8.68. The number of aromatic nitrogens is 2. The van der Waals surface area contributed by atoms with E-state index in [0.717, 1.165) is 16.6 Å². The van der Waals surface area contributed by atoms with Crippen molar-refractivity contribution in [1.29, 1.82) is 0 Å². The first kappa shape index (κ1) is 10.0. The fourth-order valence-electron chi connectivity index (χ4n) is 1.53. The Bertz CT molecular complexity index is 450. The van der Waals surface area contributed by atoms with Gasteiger partial charge in [-0.05, 0) is 6.07 Å². The normalized spacial score (nSPS) is 11.1. The van der Waals surface area contributed by atoms with E-state index in [9.17, 15) is 0 Å². The highest BCUT2D eigenvalue weighted by molar-refractivity contribution is 5.80. The number of fused-ring (bicyclic) bond motifs is 1. The molecule has 15 heavy (non-hydrogen) atoms. The van der Waals surface area contributed by atoms with Crippen LogP contribution in [-0.4, -0.2) is 24.2 Å². The maximum Gasteiger partial charge on any atom is 0.201 e. The molecule has 1 aromatic carbocycles. The molecule has 2 rings (SSSR count). The van der Waals surface area contributed by atoms with Gasteiger partial charge in [0.25, 0.3) is 0 Å². The van der Waals surface area contributed by atoms with Crippen molar-refractivity contribution < 1.29 is 9.47 Å². The van der Waals surface area contributed by atoms with Gasteiger partial charge in [-0.25, -0.2) is 9.97 Å². The first-order valence-electron chi connectivity index (χ1n) is 4.62. The summed E-state index contributed by atoms with van der Waals surface area (Å²) >= 11 is 0. The Morgan fingerprint density at radius 1 is 1.07 bits per heavy atom. The topological polar surface area (TPSA) is 44.2 Å². The van der Waals surface area contributed by atoms with Crippen molar-refractivity contribution >= 4 is 10.9 Å². The van der Waals surface area contributed by atoms with E-state index in [1.807, 2.05) is 24.3 Å². The zero-order chi connectivity index (χ0) is 10.7. The molecule has 0 aliphatic carbocycles. The second-order valence-corrected chi connectivity index (χ2v) is 3.08. The molecule has 0 saturated heterocycles. The molecule has 0 bridgehead atoms. The smallest absolute Gasteiger partial charge is 0.201 e. The molecule has 4 nitrogen and oxygen atoms in total. The van der Waals surface area contributed by atoms with Crippen LogP contribution in [0.2, 0.25) is 0 Å². The van der Waals surface area contributed by atoms with Gasteiger partial charge in [-0.15, -0.1) is 0 Å². The zero-order valence-electron chi connectivity index (χ0n) is 8.68. The van der Waals surface area contributed by atoms with Crippen molar-refractivity contribution in [2.75, 3.05) is 14.2 Å². The lowest BCUT2D eigenvalue weighted by Gasteiger charge is -2.13. The predicted octanol–water partition coefficient (Wildman–Crippen LogP) is 1.92. The van der Waals surface area contributed by atoms with E-state index in [0.29, 0.717) is 0 Å². The van der Waals surface area contributed by atoms with E-state index in [1.54, 1.807) is 14.2 Å². The molecule has 0 N–H and O–H groups in total. The van der Waals surface area contributed by atoms with Crippen LogP contribution in [0.4, 0.5) is 0 Å². The molecule has 0 aliphatic heterocycles. The molecular formula is C11H12N2O2. The maximum absolute atomic E-state index is 5.18. The highest BCUT2D eigenvalue weighted by atomic mass is 16.7. The van der Waals surface area contributed by atoms with E-state index >= 15 is 0 Å². The lowest BCUT2D eigenvalue weighted by atomic mass is 10.2. The Morgan fingerprint density at radius 2 is 1.80 bits per heavy atom. The summed E-state index contributed by atoms with van der Waals surface area (Å²) in [5.74, 6) is 0. The molecule has 1 heterocycles. The van der Waals surface area contributed by atoms with Crippen molar-refractivity contribution in [1.82, 2.24) is 9.97 Å². The number of benzene rings is 1. The number of hydrogen-bond donors (Lipinski definition) is 0. The number of nitrogens with zero attached hydrogens (tertiary/aromatic N) is 2. The fraction of sp³-hybridized carbons (Fsp3) is 0.273.